The summed E-state index contributed by atoms with van der Waals surface area (Å²) in [6.45, 7) is 4.22. The van der Waals surface area contributed by atoms with Crippen molar-refractivity contribution in [2.45, 2.75) is 25.7 Å². The van der Waals surface area contributed by atoms with Crippen LogP contribution in [0.4, 0.5) is 0 Å². The molecule has 2 heteroatoms. The Morgan fingerprint density at radius 2 is 2.00 bits per heavy atom. The highest BCUT2D eigenvalue weighted by Crippen LogP contribution is 2.29. The highest BCUT2D eigenvalue weighted by molar-refractivity contribution is 4.76. The zero-order valence-electron chi connectivity index (χ0n) is 7.67. The molecular weight excluding hydrogens is 150 g/mol. The van der Waals surface area contributed by atoms with Gasteiger partial charge < -0.3 is 4.74 Å². The van der Waals surface area contributed by atoms with Gasteiger partial charge in [0.1, 0.15) is 0 Å². The fourth-order valence-electron chi connectivity index (χ4n) is 2.37. The van der Waals surface area contributed by atoms with E-state index in [2.05, 4.69) is 5.32 Å². The molecule has 0 N–H and O–H groups in total. The smallest absolute Gasteiger partial charge is 0.0497 e. The summed E-state index contributed by atoms with van der Waals surface area (Å²) in [5, 5.41) is 4.45. The maximum atomic E-state index is 5.42. The van der Waals surface area contributed by atoms with E-state index in [1.807, 2.05) is 0 Å². The Labute approximate surface area is 74.7 Å². The van der Waals surface area contributed by atoms with Gasteiger partial charge in [0.15, 0.2) is 0 Å². The Hall–Kier alpha value is -0.0800. The van der Waals surface area contributed by atoms with Crippen molar-refractivity contribution in [3.8, 4) is 0 Å². The van der Waals surface area contributed by atoms with Crippen LogP contribution in [-0.4, -0.2) is 26.3 Å². The van der Waals surface area contributed by atoms with Crippen molar-refractivity contribution in [3.05, 3.63) is 0 Å². The average molecular weight is 168 g/mol. The fraction of sp³-hybridized carbons (Fsp3) is 1.00. The highest BCUT2D eigenvalue weighted by atomic mass is 16.5. The van der Waals surface area contributed by atoms with Gasteiger partial charge in [0.2, 0.25) is 0 Å². The minimum absolute atomic E-state index is 0.860. The lowest BCUT2D eigenvalue weighted by molar-refractivity contribution is 0.168. The summed E-state index contributed by atoms with van der Waals surface area (Å²) in [6.07, 6.45) is 5.30. The molecule has 2 aliphatic rings. The van der Waals surface area contributed by atoms with E-state index in [0.717, 1.165) is 38.1 Å². The predicted octanol–water partition coefficient (Wildman–Crippen LogP) is 1.43. The third-order valence-electron chi connectivity index (χ3n) is 3.18. The van der Waals surface area contributed by atoms with Crippen LogP contribution in [0.5, 0.6) is 0 Å². The predicted molar refractivity (Wildman–Crippen MR) is 48.1 cm³/mol. The summed E-state index contributed by atoms with van der Waals surface area (Å²) in [5.41, 5.74) is 0. The van der Waals surface area contributed by atoms with Crippen LogP contribution in [0.2, 0.25) is 0 Å². The monoisotopic (exact) mass is 168 g/mol. The normalized spacial score (nSPS) is 38.0. The Bertz CT molecular complexity index is 124. The van der Waals surface area contributed by atoms with Gasteiger partial charge in [-0.3, -0.25) is 0 Å². The third-order valence-corrected chi connectivity index (χ3v) is 3.18. The lowest BCUT2D eigenvalue weighted by atomic mass is 9.86. The molecule has 0 amide bonds. The summed E-state index contributed by atoms with van der Waals surface area (Å²) >= 11 is 0. The van der Waals surface area contributed by atoms with Gasteiger partial charge in [-0.1, -0.05) is 0 Å². The second kappa shape index (κ2) is 4.24. The molecule has 2 rings (SSSR count). The standard InChI is InChI=1S/C10H18NO/c1-2-9(3-6-11-5-1)10-4-7-12-8-10/h9-10H,1-8H2. The van der Waals surface area contributed by atoms with Crippen molar-refractivity contribution >= 4 is 0 Å². The average Bonchev–Trinajstić information content (AvgIpc) is 2.48. The van der Waals surface area contributed by atoms with Gasteiger partial charge in [0, 0.05) is 26.3 Å². The summed E-state index contributed by atoms with van der Waals surface area (Å²) in [4.78, 5) is 0. The van der Waals surface area contributed by atoms with Crippen LogP contribution < -0.4 is 5.32 Å². The zero-order valence-corrected chi connectivity index (χ0v) is 7.67. The maximum Gasteiger partial charge on any atom is 0.0497 e. The van der Waals surface area contributed by atoms with Gasteiger partial charge in [-0.15, -0.1) is 0 Å². The van der Waals surface area contributed by atoms with Gasteiger partial charge in [0.25, 0.3) is 0 Å². The second-order valence-corrected chi connectivity index (χ2v) is 3.99. The van der Waals surface area contributed by atoms with E-state index >= 15 is 0 Å². The van der Waals surface area contributed by atoms with Crippen LogP contribution in [0.15, 0.2) is 0 Å². The molecule has 12 heavy (non-hydrogen) atoms. The van der Waals surface area contributed by atoms with Crippen LogP contribution in [-0.2, 0) is 4.74 Å². The number of nitrogens with zero attached hydrogens (tertiary/aromatic N) is 1. The summed E-state index contributed by atoms with van der Waals surface area (Å²) in [7, 11) is 0. The molecule has 0 aromatic heterocycles. The molecule has 0 aliphatic carbocycles. The molecule has 0 aromatic rings. The van der Waals surface area contributed by atoms with Gasteiger partial charge in [-0.25, -0.2) is 5.32 Å². The van der Waals surface area contributed by atoms with E-state index in [0.29, 0.717) is 0 Å². The number of hydrogen-bond donors (Lipinski definition) is 0. The van der Waals surface area contributed by atoms with E-state index < -0.39 is 0 Å². The third kappa shape index (κ3) is 1.99. The lowest BCUT2D eigenvalue weighted by Gasteiger charge is -2.19. The van der Waals surface area contributed by atoms with Crippen molar-refractivity contribution in [3.63, 3.8) is 0 Å². The van der Waals surface area contributed by atoms with Gasteiger partial charge in [0.05, 0.1) is 0 Å². The quantitative estimate of drug-likeness (QED) is 0.581. The SMILES string of the molecule is C1C[N]CCC(C2CCOC2)C1. The first-order valence-corrected chi connectivity index (χ1v) is 5.18. The minimum atomic E-state index is 0.860. The first-order valence-electron chi connectivity index (χ1n) is 5.18. The Morgan fingerprint density at radius 3 is 2.83 bits per heavy atom. The largest absolute Gasteiger partial charge is 0.381 e. The molecule has 2 atom stereocenters. The van der Waals surface area contributed by atoms with Crippen molar-refractivity contribution in [1.29, 1.82) is 0 Å². The van der Waals surface area contributed by atoms with Crippen LogP contribution in [0, 0.1) is 11.8 Å². The summed E-state index contributed by atoms with van der Waals surface area (Å²) in [6, 6.07) is 0. The lowest BCUT2D eigenvalue weighted by Crippen LogP contribution is -2.15. The van der Waals surface area contributed by atoms with Crippen LogP contribution in [0.25, 0.3) is 0 Å². The molecule has 2 saturated heterocycles. The van der Waals surface area contributed by atoms with Crippen molar-refractivity contribution in [1.82, 2.24) is 5.32 Å². The van der Waals surface area contributed by atoms with Crippen molar-refractivity contribution in [2.75, 3.05) is 26.3 Å². The summed E-state index contributed by atoms with van der Waals surface area (Å²) in [5.74, 6) is 1.78. The molecular formula is C10H18NO. The highest BCUT2D eigenvalue weighted by Gasteiger charge is 2.25. The number of rotatable bonds is 1. The van der Waals surface area contributed by atoms with Gasteiger partial charge >= 0.3 is 0 Å². The fourth-order valence-corrected chi connectivity index (χ4v) is 2.37. The minimum Gasteiger partial charge on any atom is -0.381 e. The molecule has 1 radical (unpaired) electrons. The Morgan fingerprint density at radius 1 is 1.00 bits per heavy atom. The summed E-state index contributed by atoms with van der Waals surface area (Å²) < 4.78 is 5.42. The van der Waals surface area contributed by atoms with Gasteiger partial charge in [-0.05, 0) is 37.5 Å². The molecule has 0 aromatic carbocycles. The first kappa shape index (κ1) is 8.52. The second-order valence-electron chi connectivity index (χ2n) is 3.99. The van der Waals surface area contributed by atoms with E-state index in [4.69, 9.17) is 4.74 Å². The molecule has 69 valence electrons. The Balaban J connectivity index is 1.83. The molecule has 0 spiro atoms. The van der Waals surface area contributed by atoms with E-state index in [-0.39, 0.29) is 0 Å². The molecule has 0 bridgehead atoms. The van der Waals surface area contributed by atoms with Gasteiger partial charge in [-0.2, -0.15) is 0 Å². The van der Waals surface area contributed by atoms with Crippen LogP contribution in [0.3, 0.4) is 0 Å². The number of hydrogen-bond acceptors (Lipinski definition) is 1. The van der Waals surface area contributed by atoms with Crippen molar-refractivity contribution < 1.29 is 4.74 Å². The number of ether oxygens (including phenoxy) is 1. The van der Waals surface area contributed by atoms with E-state index in [1.165, 1.54) is 25.7 Å². The maximum absolute atomic E-state index is 5.42. The van der Waals surface area contributed by atoms with Crippen LogP contribution >= 0.6 is 0 Å². The molecule has 0 saturated carbocycles. The van der Waals surface area contributed by atoms with E-state index in [1.54, 1.807) is 0 Å². The topological polar surface area (TPSA) is 23.3 Å². The molecule has 2 fully saturated rings. The first-order chi connectivity index (χ1) is 5.97. The van der Waals surface area contributed by atoms with Crippen molar-refractivity contribution in [2.24, 2.45) is 11.8 Å². The molecule has 2 nitrogen and oxygen atoms in total. The van der Waals surface area contributed by atoms with Crippen LogP contribution in [0.1, 0.15) is 25.7 Å². The molecule has 2 aliphatic heterocycles. The zero-order chi connectivity index (χ0) is 8.23. The molecule has 2 unspecified atom stereocenters. The Kier molecular flexibility index (Phi) is 3.01. The molecule has 2 heterocycles. The van der Waals surface area contributed by atoms with E-state index in [9.17, 15) is 0 Å².